The number of hydrogen-bond donors (Lipinski definition) is 1. The Morgan fingerprint density at radius 2 is 1.94 bits per heavy atom. The highest BCUT2D eigenvalue weighted by Gasteiger charge is 2.06. The van der Waals surface area contributed by atoms with E-state index < -0.39 is 0 Å². The van der Waals surface area contributed by atoms with Crippen molar-refractivity contribution in [2.75, 3.05) is 6.61 Å². The molecule has 2 aromatic rings. The molecule has 16 heavy (non-hydrogen) atoms. The molecule has 0 fully saturated rings. The largest absolute Gasteiger partial charge is 0.493 e. The van der Waals surface area contributed by atoms with E-state index in [2.05, 4.69) is 6.92 Å². The lowest BCUT2D eigenvalue weighted by molar-refractivity contribution is 0.264. The molecule has 0 aliphatic heterocycles. The highest BCUT2D eigenvalue weighted by molar-refractivity contribution is 5.87. The number of aliphatic hydroxyl groups is 1. The van der Waals surface area contributed by atoms with E-state index in [1.807, 2.05) is 36.4 Å². The summed E-state index contributed by atoms with van der Waals surface area (Å²) in [5, 5.41) is 11.6. The quantitative estimate of drug-likeness (QED) is 0.850. The van der Waals surface area contributed by atoms with Crippen LogP contribution in [0.25, 0.3) is 10.8 Å². The van der Waals surface area contributed by atoms with Crippen molar-refractivity contribution < 1.29 is 9.84 Å². The van der Waals surface area contributed by atoms with Crippen molar-refractivity contribution in [1.29, 1.82) is 0 Å². The van der Waals surface area contributed by atoms with Crippen LogP contribution < -0.4 is 4.74 Å². The van der Waals surface area contributed by atoms with Crippen molar-refractivity contribution in [3.05, 3.63) is 42.0 Å². The van der Waals surface area contributed by atoms with Gasteiger partial charge in [-0.1, -0.05) is 37.3 Å². The molecule has 2 nitrogen and oxygen atoms in total. The van der Waals surface area contributed by atoms with E-state index in [-0.39, 0.29) is 6.61 Å². The lowest BCUT2D eigenvalue weighted by atomic mass is 10.0. The molecule has 84 valence electrons. The molecule has 0 spiro atoms. The van der Waals surface area contributed by atoms with E-state index in [1.165, 1.54) is 0 Å². The zero-order chi connectivity index (χ0) is 11.4. The van der Waals surface area contributed by atoms with Gasteiger partial charge in [0.25, 0.3) is 0 Å². The van der Waals surface area contributed by atoms with Gasteiger partial charge in [-0.15, -0.1) is 0 Å². The maximum absolute atomic E-state index is 9.44. The van der Waals surface area contributed by atoms with Crippen LogP contribution in [-0.4, -0.2) is 11.7 Å². The normalized spacial score (nSPS) is 10.6. The van der Waals surface area contributed by atoms with Crippen LogP contribution in [0.3, 0.4) is 0 Å². The molecule has 2 aromatic carbocycles. The van der Waals surface area contributed by atoms with Crippen LogP contribution in [0.5, 0.6) is 5.75 Å². The summed E-state index contributed by atoms with van der Waals surface area (Å²) in [4.78, 5) is 0. The zero-order valence-corrected chi connectivity index (χ0v) is 9.44. The van der Waals surface area contributed by atoms with Crippen molar-refractivity contribution >= 4 is 10.8 Å². The Morgan fingerprint density at radius 1 is 1.12 bits per heavy atom. The summed E-state index contributed by atoms with van der Waals surface area (Å²) in [6, 6.07) is 12.0. The second kappa shape index (κ2) is 4.99. The fraction of sp³-hybridized carbons (Fsp3) is 0.286. The molecule has 2 rings (SSSR count). The van der Waals surface area contributed by atoms with Crippen molar-refractivity contribution in [3.63, 3.8) is 0 Å². The molecule has 0 unspecified atom stereocenters. The molecule has 0 aromatic heterocycles. The fourth-order valence-corrected chi connectivity index (χ4v) is 1.83. The van der Waals surface area contributed by atoms with Crippen LogP contribution in [0.1, 0.15) is 18.9 Å². The summed E-state index contributed by atoms with van der Waals surface area (Å²) in [6.07, 6.45) is 0.970. The number of benzene rings is 2. The molecule has 0 saturated heterocycles. The number of aliphatic hydroxyl groups excluding tert-OH is 1. The molecule has 0 bridgehead atoms. The Kier molecular flexibility index (Phi) is 3.42. The van der Waals surface area contributed by atoms with E-state index in [1.54, 1.807) is 0 Å². The Balaban J connectivity index is 2.50. The van der Waals surface area contributed by atoms with Crippen LogP contribution in [0.15, 0.2) is 36.4 Å². The summed E-state index contributed by atoms with van der Waals surface area (Å²) >= 11 is 0. The van der Waals surface area contributed by atoms with Crippen molar-refractivity contribution in [2.45, 2.75) is 20.0 Å². The maximum atomic E-state index is 9.44. The van der Waals surface area contributed by atoms with Gasteiger partial charge in [-0.3, -0.25) is 0 Å². The van der Waals surface area contributed by atoms with Crippen LogP contribution in [-0.2, 0) is 6.61 Å². The van der Waals surface area contributed by atoms with Gasteiger partial charge in [-0.2, -0.15) is 0 Å². The van der Waals surface area contributed by atoms with Gasteiger partial charge in [-0.25, -0.2) is 0 Å². The third kappa shape index (κ3) is 2.02. The third-order valence-corrected chi connectivity index (χ3v) is 2.62. The first-order chi connectivity index (χ1) is 7.86. The van der Waals surface area contributed by atoms with Crippen molar-refractivity contribution in [2.24, 2.45) is 0 Å². The predicted molar refractivity (Wildman–Crippen MR) is 65.7 cm³/mol. The minimum Gasteiger partial charge on any atom is -0.493 e. The highest BCUT2D eigenvalue weighted by atomic mass is 16.5. The van der Waals surface area contributed by atoms with Gasteiger partial charge in [0.1, 0.15) is 5.75 Å². The molecular formula is C14H16O2. The van der Waals surface area contributed by atoms with E-state index in [4.69, 9.17) is 4.74 Å². The average molecular weight is 216 g/mol. The van der Waals surface area contributed by atoms with E-state index >= 15 is 0 Å². The molecule has 0 heterocycles. The van der Waals surface area contributed by atoms with Crippen LogP contribution >= 0.6 is 0 Å². The summed E-state index contributed by atoms with van der Waals surface area (Å²) < 4.78 is 5.63. The molecule has 0 amide bonds. The van der Waals surface area contributed by atoms with Gasteiger partial charge >= 0.3 is 0 Å². The Labute approximate surface area is 95.5 Å². The number of fused-ring (bicyclic) bond motifs is 1. The number of ether oxygens (including phenoxy) is 1. The fourth-order valence-electron chi connectivity index (χ4n) is 1.83. The molecule has 0 atom stereocenters. The van der Waals surface area contributed by atoms with Gasteiger partial charge in [0.2, 0.25) is 0 Å². The summed E-state index contributed by atoms with van der Waals surface area (Å²) in [7, 11) is 0. The average Bonchev–Trinajstić information content (AvgIpc) is 2.35. The predicted octanol–water partition coefficient (Wildman–Crippen LogP) is 3.12. The molecule has 2 heteroatoms. The van der Waals surface area contributed by atoms with Crippen molar-refractivity contribution in [1.82, 2.24) is 0 Å². The Hall–Kier alpha value is -1.54. The minimum atomic E-state index is 0.0143. The summed E-state index contributed by atoms with van der Waals surface area (Å²) in [6.45, 7) is 2.77. The number of hydrogen-bond acceptors (Lipinski definition) is 2. The first kappa shape index (κ1) is 11.0. The lowest BCUT2D eigenvalue weighted by Gasteiger charge is -2.11. The van der Waals surface area contributed by atoms with Gasteiger partial charge in [0, 0.05) is 5.56 Å². The molecule has 0 radical (unpaired) electrons. The smallest absolute Gasteiger partial charge is 0.125 e. The van der Waals surface area contributed by atoms with Gasteiger partial charge < -0.3 is 9.84 Å². The van der Waals surface area contributed by atoms with Gasteiger partial charge in [0.05, 0.1) is 13.2 Å². The van der Waals surface area contributed by atoms with Gasteiger partial charge in [-0.05, 0) is 23.3 Å². The summed E-state index contributed by atoms with van der Waals surface area (Å²) in [5.74, 6) is 0.794. The standard InChI is InChI=1S/C14H16O2/c1-2-9-16-14-8-7-11-5-3-4-6-12(11)13(14)10-15/h3-8,15H,2,9-10H2,1H3. The Morgan fingerprint density at radius 3 is 2.69 bits per heavy atom. The second-order valence-corrected chi connectivity index (χ2v) is 3.77. The van der Waals surface area contributed by atoms with Crippen LogP contribution in [0.2, 0.25) is 0 Å². The molecule has 1 N–H and O–H groups in total. The topological polar surface area (TPSA) is 29.5 Å². The first-order valence-electron chi connectivity index (χ1n) is 5.61. The van der Waals surface area contributed by atoms with Crippen LogP contribution in [0.4, 0.5) is 0 Å². The van der Waals surface area contributed by atoms with E-state index in [9.17, 15) is 5.11 Å². The highest BCUT2D eigenvalue weighted by Crippen LogP contribution is 2.28. The second-order valence-electron chi connectivity index (χ2n) is 3.77. The van der Waals surface area contributed by atoms with E-state index in [0.717, 1.165) is 28.5 Å². The third-order valence-electron chi connectivity index (χ3n) is 2.62. The maximum Gasteiger partial charge on any atom is 0.125 e. The molecule has 0 aliphatic carbocycles. The van der Waals surface area contributed by atoms with Crippen LogP contribution in [0, 0.1) is 0 Å². The molecular weight excluding hydrogens is 200 g/mol. The molecule has 0 saturated carbocycles. The monoisotopic (exact) mass is 216 g/mol. The summed E-state index contributed by atoms with van der Waals surface area (Å²) in [5.41, 5.74) is 0.881. The SMILES string of the molecule is CCCOc1ccc2ccccc2c1CO. The lowest BCUT2D eigenvalue weighted by Crippen LogP contribution is -1.99. The minimum absolute atomic E-state index is 0.0143. The Bertz CT molecular complexity index is 477. The molecule has 0 aliphatic rings. The first-order valence-corrected chi connectivity index (χ1v) is 5.61. The van der Waals surface area contributed by atoms with E-state index in [0.29, 0.717) is 6.61 Å². The zero-order valence-electron chi connectivity index (χ0n) is 9.44. The van der Waals surface area contributed by atoms with Crippen molar-refractivity contribution in [3.8, 4) is 5.75 Å². The van der Waals surface area contributed by atoms with Gasteiger partial charge in [0.15, 0.2) is 0 Å². The number of rotatable bonds is 4.